The van der Waals surface area contributed by atoms with E-state index in [1.165, 1.54) is 47.1 Å². The molecule has 2 N–H and O–H groups in total. The number of aromatic nitrogens is 1. The number of hydrogen-bond donors (Lipinski definition) is 2. The lowest BCUT2D eigenvalue weighted by Gasteiger charge is -2.47. The minimum atomic E-state index is -0.880. The third kappa shape index (κ3) is 3.78. The predicted octanol–water partition coefficient (Wildman–Crippen LogP) is 4.59. The molecule has 3 heterocycles. The van der Waals surface area contributed by atoms with E-state index in [2.05, 4.69) is 33.8 Å². The number of nitrogens with one attached hydrogen (secondary N) is 1. The highest BCUT2D eigenvalue weighted by Gasteiger charge is 2.35. The molecule has 0 bridgehead atoms. The normalized spacial score (nSPS) is 22.1. The van der Waals surface area contributed by atoms with Gasteiger partial charge < -0.3 is 19.7 Å². The molecule has 2 fully saturated rings. The summed E-state index contributed by atoms with van der Waals surface area (Å²) in [6.07, 6.45) is 5.52. The second-order valence-corrected chi connectivity index (χ2v) is 9.12. The van der Waals surface area contributed by atoms with Gasteiger partial charge in [0.05, 0.1) is 12.7 Å². The molecule has 168 valence electrons. The minimum absolute atomic E-state index is 0.247. The molecule has 3 aromatic rings. The summed E-state index contributed by atoms with van der Waals surface area (Å²) in [7, 11) is 1.75. The highest BCUT2D eigenvalue weighted by atomic mass is 16.5. The van der Waals surface area contributed by atoms with Crippen LogP contribution >= 0.6 is 0 Å². The van der Waals surface area contributed by atoms with Crippen molar-refractivity contribution in [2.24, 2.45) is 0 Å². The van der Waals surface area contributed by atoms with Crippen LogP contribution in [0.15, 0.2) is 42.6 Å². The first-order valence-electron chi connectivity index (χ1n) is 11.5. The van der Waals surface area contributed by atoms with Crippen molar-refractivity contribution in [1.29, 1.82) is 0 Å². The fourth-order valence-electron chi connectivity index (χ4n) is 5.40. The van der Waals surface area contributed by atoms with E-state index in [0.717, 1.165) is 31.7 Å². The fraction of sp³-hybridized carbons (Fsp3) is 0.423. The number of benzene rings is 2. The van der Waals surface area contributed by atoms with Crippen LogP contribution in [-0.4, -0.2) is 58.6 Å². The van der Waals surface area contributed by atoms with Gasteiger partial charge in [0.1, 0.15) is 5.75 Å². The van der Waals surface area contributed by atoms with Gasteiger partial charge in [-0.1, -0.05) is 12.1 Å². The van der Waals surface area contributed by atoms with Gasteiger partial charge in [-0.25, -0.2) is 4.79 Å². The van der Waals surface area contributed by atoms with Crippen LogP contribution < -0.4 is 4.74 Å². The average molecular weight is 434 g/mol. The molecule has 2 saturated heterocycles. The van der Waals surface area contributed by atoms with Gasteiger partial charge in [0.25, 0.3) is 0 Å². The predicted molar refractivity (Wildman–Crippen MR) is 125 cm³/mol. The van der Waals surface area contributed by atoms with Gasteiger partial charge in [0.15, 0.2) is 0 Å². The summed E-state index contributed by atoms with van der Waals surface area (Å²) in [5.41, 5.74) is 5.09. The quantitative estimate of drug-likeness (QED) is 0.595. The molecular formula is C26H31N3O3. The minimum Gasteiger partial charge on any atom is -0.496 e. The molecule has 2 aliphatic heterocycles. The number of carboxylic acid groups (broad SMARTS) is 1. The van der Waals surface area contributed by atoms with Gasteiger partial charge >= 0.3 is 5.97 Å². The lowest BCUT2D eigenvalue weighted by atomic mass is 9.88. The number of likely N-dealkylation sites (tertiary alicyclic amines) is 2. The van der Waals surface area contributed by atoms with Crippen LogP contribution in [0.4, 0.5) is 0 Å². The van der Waals surface area contributed by atoms with Crippen LogP contribution in [-0.2, 0) is 6.54 Å². The van der Waals surface area contributed by atoms with Crippen molar-refractivity contribution in [3.63, 3.8) is 0 Å². The number of aryl methyl sites for hydroxylation is 1. The molecule has 0 radical (unpaired) electrons. The number of nitrogens with zero attached hydrogens (tertiary/aromatic N) is 2. The smallest absolute Gasteiger partial charge is 0.335 e. The van der Waals surface area contributed by atoms with Crippen LogP contribution in [0.2, 0.25) is 0 Å². The molecule has 5 rings (SSSR count). The Kier molecular flexibility index (Phi) is 5.66. The fourth-order valence-corrected chi connectivity index (χ4v) is 5.40. The molecule has 0 amide bonds. The SMILES string of the molecule is COc1cc(C)c2[nH]ccc2c1CN1CCC(N2CCC2)CC1c1ccc(C(=O)O)cc1. The first-order chi connectivity index (χ1) is 15.5. The zero-order chi connectivity index (χ0) is 22.2. The maximum Gasteiger partial charge on any atom is 0.335 e. The van der Waals surface area contributed by atoms with Crippen molar-refractivity contribution >= 4 is 16.9 Å². The van der Waals surface area contributed by atoms with Gasteiger partial charge in [-0.2, -0.15) is 0 Å². The average Bonchev–Trinajstić information content (AvgIpc) is 3.26. The largest absolute Gasteiger partial charge is 0.496 e. The summed E-state index contributed by atoms with van der Waals surface area (Å²) in [4.78, 5) is 19.9. The molecule has 1 aromatic heterocycles. The Morgan fingerprint density at radius 2 is 1.97 bits per heavy atom. The van der Waals surface area contributed by atoms with E-state index in [9.17, 15) is 9.90 Å². The zero-order valence-corrected chi connectivity index (χ0v) is 18.8. The van der Waals surface area contributed by atoms with E-state index >= 15 is 0 Å². The Balaban J connectivity index is 1.49. The molecule has 0 spiro atoms. The molecular weight excluding hydrogens is 402 g/mol. The Hall–Kier alpha value is -2.83. The van der Waals surface area contributed by atoms with Gasteiger partial charge in [-0.05, 0) is 74.7 Å². The summed E-state index contributed by atoms with van der Waals surface area (Å²) in [6.45, 7) is 6.32. The number of methoxy groups -OCH3 is 1. The van der Waals surface area contributed by atoms with Crippen LogP contribution in [0.1, 0.15) is 52.4 Å². The molecule has 0 saturated carbocycles. The van der Waals surface area contributed by atoms with Crippen molar-refractivity contribution < 1.29 is 14.6 Å². The molecule has 6 nitrogen and oxygen atoms in total. The lowest BCUT2D eigenvalue weighted by molar-refractivity contribution is 0.0292. The second kappa shape index (κ2) is 8.60. The third-order valence-corrected chi connectivity index (χ3v) is 7.33. The second-order valence-electron chi connectivity index (χ2n) is 9.12. The molecule has 2 aromatic carbocycles. The maximum atomic E-state index is 11.3. The van der Waals surface area contributed by atoms with Gasteiger partial charge in [-0.15, -0.1) is 0 Å². The first-order valence-corrected chi connectivity index (χ1v) is 11.5. The first kappa shape index (κ1) is 21.0. The molecule has 0 aliphatic carbocycles. The summed E-state index contributed by atoms with van der Waals surface area (Å²) in [5.74, 6) is 0.0502. The van der Waals surface area contributed by atoms with E-state index in [1.807, 2.05) is 18.3 Å². The van der Waals surface area contributed by atoms with Crippen LogP contribution in [0.5, 0.6) is 5.75 Å². The number of piperidine rings is 1. The summed E-state index contributed by atoms with van der Waals surface area (Å²) in [6, 6.07) is 12.6. The Labute approximate surface area is 188 Å². The highest BCUT2D eigenvalue weighted by Crippen LogP contribution is 2.39. The van der Waals surface area contributed by atoms with Crippen LogP contribution in [0.25, 0.3) is 10.9 Å². The van der Waals surface area contributed by atoms with E-state index < -0.39 is 5.97 Å². The summed E-state index contributed by atoms with van der Waals surface area (Å²) < 4.78 is 5.80. The molecule has 6 heteroatoms. The molecule has 32 heavy (non-hydrogen) atoms. The third-order valence-electron chi connectivity index (χ3n) is 7.33. The number of ether oxygens (including phenoxy) is 1. The number of hydrogen-bond acceptors (Lipinski definition) is 4. The van der Waals surface area contributed by atoms with Crippen LogP contribution in [0, 0.1) is 6.92 Å². The van der Waals surface area contributed by atoms with Crippen molar-refractivity contribution in [3.05, 3.63) is 64.8 Å². The van der Waals surface area contributed by atoms with E-state index in [0.29, 0.717) is 11.6 Å². The number of carboxylic acids is 1. The topological polar surface area (TPSA) is 68.8 Å². The van der Waals surface area contributed by atoms with Crippen molar-refractivity contribution in [3.8, 4) is 5.75 Å². The lowest BCUT2D eigenvalue weighted by Crippen LogP contribution is -2.51. The standard InChI is InChI=1S/C26H31N3O3/c1-17-14-24(32-2)22(21-8-10-27-25(17)21)16-29-13-9-20(28-11-3-12-28)15-23(29)18-4-6-19(7-5-18)26(30)31/h4-8,10,14,20,23,27H,3,9,11-13,15-16H2,1-2H3,(H,30,31). The molecule has 2 unspecified atom stereocenters. The Morgan fingerprint density at radius 3 is 2.62 bits per heavy atom. The van der Waals surface area contributed by atoms with E-state index in [4.69, 9.17) is 4.74 Å². The van der Waals surface area contributed by atoms with E-state index in [-0.39, 0.29) is 6.04 Å². The van der Waals surface area contributed by atoms with Gasteiger partial charge in [-0.3, -0.25) is 4.90 Å². The number of H-pyrrole nitrogens is 1. The Morgan fingerprint density at radius 1 is 1.19 bits per heavy atom. The number of aromatic amines is 1. The van der Waals surface area contributed by atoms with Gasteiger partial charge in [0, 0.05) is 47.8 Å². The van der Waals surface area contributed by atoms with E-state index in [1.54, 1.807) is 19.2 Å². The maximum absolute atomic E-state index is 11.3. The Bertz CT molecular complexity index is 1120. The van der Waals surface area contributed by atoms with Crippen LogP contribution in [0.3, 0.4) is 0 Å². The van der Waals surface area contributed by atoms with Crippen molar-refractivity contribution in [2.75, 3.05) is 26.7 Å². The molecule has 2 aliphatic rings. The molecule has 2 atom stereocenters. The van der Waals surface area contributed by atoms with Gasteiger partial charge in [0.2, 0.25) is 0 Å². The summed E-state index contributed by atoms with van der Waals surface area (Å²) in [5, 5.41) is 10.5. The monoisotopic (exact) mass is 433 g/mol. The van der Waals surface area contributed by atoms with Crippen molar-refractivity contribution in [1.82, 2.24) is 14.8 Å². The number of aromatic carboxylic acids is 1. The number of fused-ring (bicyclic) bond motifs is 1. The number of rotatable bonds is 6. The van der Waals surface area contributed by atoms with Crippen molar-refractivity contribution in [2.45, 2.75) is 44.8 Å². The summed E-state index contributed by atoms with van der Waals surface area (Å²) >= 11 is 0. The number of carbonyl (C=O) groups is 1. The highest BCUT2D eigenvalue weighted by molar-refractivity contribution is 5.88. The zero-order valence-electron chi connectivity index (χ0n) is 18.8.